The number of halogens is 2. The van der Waals surface area contributed by atoms with Gasteiger partial charge in [-0.1, -0.05) is 24.3 Å². The second-order valence-corrected chi connectivity index (χ2v) is 5.62. The zero-order chi connectivity index (χ0) is 14.5. The summed E-state index contributed by atoms with van der Waals surface area (Å²) < 4.78 is 27.8. The maximum absolute atomic E-state index is 14.0. The van der Waals surface area contributed by atoms with E-state index in [9.17, 15) is 8.78 Å². The summed E-state index contributed by atoms with van der Waals surface area (Å²) in [5, 5.41) is 12.2. The van der Waals surface area contributed by atoms with Crippen molar-refractivity contribution in [2.75, 3.05) is 13.1 Å². The molecule has 0 unspecified atom stereocenters. The number of hydrogen-bond acceptors (Lipinski definition) is 4. The number of aromatic nitrogens is 2. The van der Waals surface area contributed by atoms with Gasteiger partial charge in [-0.25, -0.2) is 8.78 Å². The molecule has 2 rings (SSSR count). The molecule has 0 fully saturated rings. The van der Waals surface area contributed by atoms with Crippen molar-refractivity contribution in [1.29, 1.82) is 0 Å². The summed E-state index contributed by atoms with van der Waals surface area (Å²) >= 11 is 1.24. The van der Waals surface area contributed by atoms with Crippen LogP contribution in [0.5, 0.6) is 0 Å². The molecule has 108 valence electrons. The molecule has 3 nitrogen and oxygen atoms in total. The normalized spacial score (nSPS) is 11.0. The highest BCUT2D eigenvalue weighted by Gasteiger charge is 2.17. The van der Waals surface area contributed by atoms with Gasteiger partial charge >= 0.3 is 0 Å². The van der Waals surface area contributed by atoms with E-state index < -0.39 is 11.6 Å². The zero-order valence-electron chi connectivity index (χ0n) is 11.5. The number of aryl methyl sites for hydroxylation is 1. The minimum atomic E-state index is -0.597. The molecule has 0 bridgehead atoms. The van der Waals surface area contributed by atoms with Crippen molar-refractivity contribution in [3.8, 4) is 10.6 Å². The average molecular weight is 297 g/mol. The standard InChI is InChI=1S/C14H17F2N3S/c1-3-7-17-8-6-11-18-19-14(20-11)12-10(15)5-4-9(2)13(12)16/h4-5,17H,3,6-8H2,1-2H3. The van der Waals surface area contributed by atoms with Crippen molar-refractivity contribution in [1.82, 2.24) is 15.5 Å². The average Bonchev–Trinajstić information content (AvgIpc) is 2.88. The predicted molar refractivity (Wildman–Crippen MR) is 76.9 cm³/mol. The fourth-order valence-corrected chi connectivity index (χ4v) is 2.69. The topological polar surface area (TPSA) is 37.8 Å². The molecular weight excluding hydrogens is 280 g/mol. The summed E-state index contributed by atoms with van der Waals surface area (Å²) in [6.45, 7) is 5.45. The molecule has 0 amide bonds. The van der Waals surface area contributed by atoms with E-state index in [0.29, 0.717) is 17.0 Å². The van der Waals surface area contributed by atoms with Crippen LogP contribution in [-0.2, 0) is 6.42 Å². The van der Waals surface area contributed by atoms with E-state index in [1.807, 2.05) is 0 Å². The van der Waals surface area contributed by atoms with Gasteiger partial charge in [-0.2, -0.15) is 0 Å². The molecule has 0 saturated carbocycles. The SMILES string of the molecule is CCCNCCc1nnc(-c2c(F)ccc(C)c2F)s1. The number of rotatable bonds is 6. The molecule has 0 atom stereocenters. The van der Waals surface area contributed by atoms with Crippen molar-refractivity contribution in [3.63, 3.8) is 0 Å². The first-order valence-electron chi connectivity index (χ1n) is 6.61. The van der Waals surface area contributed by atoms with Crippen molar-refractivity contribution in [2.45, 2.75) is 26.7 Å². The summed E-state index contributed by atoms with van der Waals surface area (Å²) in [6.07, 6.45) is 1.79. The minimum absolute atomic E-state index is 0.0738. The van der Waals surface area contributed by atoms with Gasteiger partial charge in [0.15, 0.2) is 5.01 Å². The molecule has 2 aromatic rings. The summed E-state index contributed by atoms with van der Waals surface area (Å²) in [7, 11) is 0. The van der Waals surface area contributed by atoms with E-state index in [0.717, 1.165) is 24.5 Å². The Labute approximate surface area is 121 Å². The Morgan fingerprint density at radius 1 is 1.20 bits per heavy atom. The molecule has 0 spiro atoms. The highest BCUT2D eigenvalue weighted by molar-refractivity contribution is 7.14. The summed E-state index contributed by atoms with van der Waals surface area (Å²) in [5.41, 5.74) is 0.332. The molecule has 6 heteroatoms. The van der Waals surface area contributed by atoms with Gasteiger partial charge in [-0.05, 0) is 31.5 Å². The Kier molecular flexibility index (Phi) is 5.14. The Morgan fingerprint density at radius 3 is 2.75 bits per heavy atom. The lowest BCUT2D eigenvalue weighted by atomic mass is 10.1. The Hall–Kier alpha value is -1.40. The molecule has 1 heterocycles. The van der Waals surface area contributed by atoms with Crippen LogP contribution in [0, 0.1) is 18.6 Å². The lowest BCUT2D eigenvalue weighted by molar-refractivity contribution is 0.583. The van der Waals surface area contributed by atoms with E-state index in [2.05, 4.69) is 22.4 Å². The monoisotopic (exact) mass is 297 g/mol. The molecule has 1 aromatic heterocycles. The van der Waals surface area contributed by atoms with Gasteiger partial charge in [0, 0.05) is 13.0 Å². The van der Waals surface area contributed by atoms with Crippen LogP contribution in [0.15, 0.2) is 12.1 Å². The van der Waals surface area contributed by atoms with Crippen molar-refractivity contribution in [2.24, 2.45) is 0 Å². The molecule has 0 aliphatic rings. The van der Waals surface area contributed by atoms with E-state index in [-0.39, 0.29) is 5.56 Å². The van der Waals surface area contributed by atoms with E-state index in [4.69, 9.17) is 0 Å². The van der Waals surface area contributed by atoms with Gasteiger partial charge in [0.2, 0.25) is 0 Å². The maximum Gasteiger partial charge on any atom is 0.153 e. The van der Waals surface area contributed by atoms with Crippen molar-refractivity contribution >= 4 is 11.3 Å². The minimum Gasteiger partial charge on any atom is -0.316 e. The third-order valence-corrected chi connectivity index (χ3v) is 3.91. The lowest BCUT2D eigenvalue weighted by Gasteiger charge is -2.03. The second kappa shape index (κ2) is 6.85. The summed E-state index contributed by atoms with van der Waals surface area (Å²) in [5.74, 6) is -1.16. The fraction of sp³-hybridized carbons (Fsp3) is 0.429. The van der Waals surface area contributed by atoms with Gasteiger partial charge in [-0.15, -0.1) is 10.2 Å². The number of benzene rings is 1. The molecule has 0 aliphatic heterocycles. The Morgan fingerprint density at radius 2 is 2.00 bits per heavy atom. The first-order valence-corrected chi connectivity index (χ1v) is 7.43. The van der Waals surface area contributed by atoms with E-state index in [1.54, 1.807) is 6.92 Å². The maximum atomic E-state index is 14.0. The third kappa shape index (κ3) is 3.37. The van der Waals surface area contributed by atoms with Gasteiger partial charge in [0.25, 0.3) is 0 Å². The quantitative estimate of drug-likeness (QED) is 0.831. The molecule has 0 aliphatic carbocycles. The Bertz CT molecular complexity index is 584. The zero-order valence-corrected chi connectivity index (χ0v) is 12.4. The smallest absolute Gasteiger partial charge is 0.153 e. The molecule has 1 N–H and O–H groups in total. The number of nitrogens with zero attached hydrogens (tertiary/aromatic N) is 2. The highest BCUT2D eigenvalue weighted by atomic mass is 32.1. The molecule has 0 radical (unpaired) electrons. The van der Waals surface area contributed by atoms with E-state index in [1.165, 1.54) is 23.5 Å². The van der Waals surface area contributed by atoms with Crippen LogP contribution in [0.25, 0.3) is 10.6 Å². The molecule has 1 aromatic carbocycles. The van der Waals surface area contributed by atoms with Gasteiger partial charge in [0.05, 0.1) is 5.56 Å². The van der Waals surface area contributed by atoms with Crippen LogP contribution < -0.4 is 5.32 Å². The van der Waals surface area contributed by atoms with Crippen molar-refractivity contribution in [3.05, 3.63) is 34.3 Å². The second-order valence-electron chi connectivity index (χ2n) is 4.55. The van der Waals surface area contributed by atoms with Crippen molar-refractivity contribution < 1.29 is 8.78 Å². The van der Waals surface area contributed by atoms with Crippen LogP contribution in [0.2, 0.25) is 0 Å². The van der Waals surface area contributed by atoms with Crippen LogP contribution in [0.1, 0.15) is 23.9 Å². The lowest BCUT2D eigenvalue weighted by Crippen LogP contribution is -2.17. The van der Waals surface area contributed by atoms with Crippen LogP contribution in [0.3, 0.4) is 0 Å². The Balaban J connectivity index is 2.15. The van der Waals surface area contributed by atoms with Crippen LogP contribution >= 0.6 is 11.3 Å². The molecule has 20 heavy (non-hydrogen) atoms. The van der Waals surface area contributed by atoms with Gasteiger partial charge in [-0.3, -0.25) is 0 Å². The highest BCUT2D eigenvalue weighted by Crippen LogP contribution is 2.30. The van der Waals surface area contributed by atoms with Gasteiger partial charge < -0.3 is 5.32 Å². The summed E-state index contributed by atoms with van der Waals surface area (Å²) in [6, 6.07) is 2.68. The first kappa shape index (κ1) is 15.0. The van der Waals surface area contributed by atoms with Gasteiger partial charge in [0.1, 0.15) is 16.6 Å². The van der Waals surface area contributed by atoms with Crippen LogP contribution in [0.4, 0.5) is 8.78 Å². The van der Waals surface area contributed by atoms with Crippen LogP contribution in [-0.4, -0.2) is 23.3 Å². The van der Waals surface area contributed by atoms with E-state index >= 15 is 0 Å². The number of hydrogen-bond donors (Lipinski definition) is 1. The fourth-order valence-electron chi connectivity index (χ4n) is 1.81. The largest absolute Gasteiger partial charge is 0.316 e. The number of nitrogens with one attached hydrogen (secondary N) is 1. The molecule has 0 saturated heterocycles. The summed E-state index contributed by atoms with van der Waals surface area (Å²) in [4.78, 5) is 0. The molecular formula is C14H17F2N3S. The third-order valence-electron chi connectivity index (χ3n) is 2.91. The predicted octanol–water partition coefficient (Wildman–Crippen LogP) is 3.33. The first-order chi connectivity index (χ1) is 9.63.